The summed E-state index contributed by atoms with van der Waals surface area (Å²) in [4.78, 5) is 21.4. The van der Waals surface area contributed by atoms with Crippen molar-refractivity contribution in [2.24, 2.45) is 0 Å². The van der Waals surface area contributed by atoms with Gasteiger partial charge in [0.05, 0.1) is 0 Å². The van der Waals surface area contributed by atoms with E-state index in [4.69, 9.17) is 9.97 Å². The van der Waals surface area contributed by atoms with E-state index in [-0.39, 0.29) is 0 Å². The molecule has 0 aliphatic rings. The molecular formula is C32H16N4S2Te. The van der Waals surface area contributed by atoms with E-state index in [0.717, 1.165) is 22.1 Å². The van der Waals surface area contributed by atoms with Gasteiger partial charge in [0, 0.05) is 0 Å². The van der Waals surface area contributed by atoms with Crippen LogP contribution in [-0.4, -0.2) is 40.4 Å². The molecule has 5 heterocycles. The summed E-state index contributed by atoms with van der Waals surface area (Å²) in [7, 11) is 0. The number of rotatable bonds is 2. The standard InChI is InChI=1S/C32H16N4S2Te/c1-3-7-19-17(5-1)13-21-29(35-11-9-33-21)27(19)23-15-25-31(37-23)32-26(39-25)16-24(38-32)28-20-8-4-2-6-18(20)14-22-30(28)36-12-10-34-22/h1-16H. The topological polar surface area (TPSA) is 51.6 Å². The van der Waals surface area contributed by atoms with E-state index in [9.17, 15) is 0 Å². The van der Waals surface area contributed by atoms with E-state index in [1.807, 2.05) is 22.7 Å². The molecule has 0 amide bonds. The summed E-state index contributed by atoms with van der Waals surface area (Å²) in [6, 6.07) is 26.3. The molecule has 0 fully saturated rings. The average Bonchev–Trinajstić information content (AvgIpc) is 3.65. The van der Waals surface area contributed by atoms with Gasteiger partial charge in [-0.05, 0) is 0 Å². The van der Waals surface area contributed by atoms with Crippen molar-refractivity contribution in [3.63, 3.8) is 0 Å². The molecule has 0 spiro atoms. The predicted octanol–water partition coefficient (Wildman–Crippen LogP) is 8.70. The Morgan fingerprint density at radius 1 is 0.513 bits per heavy atom. The molecule has 7 heteroatoms. The first-order chi connectivity index (χ1) is 19.3. The van der Waals surface area contributed by atoms with Crippen molar-refractivity contribution in [2.45, 2.75) is 0 Å². The van der Waals surface area contributed by atoms with E-state index in [2.05, 4.69) is 82.8 Å². The Hall–Kier alpha value is -3.73. The Balaban J connectivity index is 1.30. The third-order valence-electron chi connectivity index (χ3n) is 7.29. The average molecular weight is 648 g/mol. The minimum atomic E-state index is -0.487. The van der Waals surface area contributed by atoms with Crippen LogP contribution in [0.5, 0.6) is 0 Å². The van der Waals surface area contributed by atoms with Gasteiger partial charge in [-0.3, -0.25) is 0 Å². The van der Waals surface area contributed by atoms with Crippen molar-refractivity contribution in [1.82, 2.24) is 19.9 Å². The van der Waals surface area contributed by atoms with Crippen molar-refractivity contribution in [1.29, 1.82) is 0 Å². The summed E-state index contributed by atoms with van der Waals surface area (Å²) < 4.78 is 5.92. The predicted molar refractivity (Wildman–Crippen MR) is 166 cm³/mol. The van der Waals surface area contributed by atoms with E-state index in [1.54, 1.807) is 24.8 Å². The molecule has 9 aromatic rings. The first kappa shape index (κ1) is 22.1. The van der Waals surface area contributed by atoms with Gasteiger partial charge in [0.15, 0.2) is 0 Å². The minimum absolute atomic E-state index is 0.487. The zero-order valence-corrected chi connectivity index (χ0v) is 24.2. The Morgan fingerprint density at radius 2 is 0.974 bits per heavy atom. The van der Waals surface area contributed by atoms with Gasteiger partial charge in [-0.2, -0.15) is 0 Å². The van der Waals surface area contributed by atoms with Crippen LogP contribution in [0, 0.1) is 0 Å². The molecule has 4 aromatic carbocycles. The van der Waals surface area contributed by atoms with Crippen molar-refractivity contribution in [3.8, 4) is 20.9 Å². The van der Waals surface area contributed by atoms with Crippen LogP contribution in [0.4, 0.5) is 0 Å². The van der Waals surface area contributed by atoms with Gasteiger partial charge in [-0.25, -0.2) is 0 Å². The molecule has 0 bridgehead atoms. The van der Waals surface area contributed by atoms with E-state index in [0.29, 0.717) is 0 Å². The molecule has 182 valence electrons. The number of thiophene rings is 2. The fourth-order valence-electron chi connectivity index (χ4n) is 5.63. The van der Waals surface area contributed by atoms with Crippen LogP contribution in [-0.2, 0) is 0 Å². The van der Waals surface area contributed by atoms with Crippen LogP contribution in [0.1, 0.15) is 0 Å². The van der Waals surface area contributed by atoms with Gasteiger partial charge in [0.1, 0.15) is 0 Å². The van der Waals surface area contributed by atoms with Crippen molar-refractivity contribution in [2.75, 3.05) is 0 Å². The fourth-order valence-corrected chi connectivity index (χ4v) is 12.9. The van der Waals surface area contributed by atoms with E-state index < -0.39 is 20.4 Å². The molecular weight excluding hydrogens is 632 g/mol. The molecule has 0 N–H and O–H groups in total. The molecule has 0 saturated heterocycles. The van der Waals surface area contributed by atoms with Crippen LogP contribution in [0.25, 0.3) is 80.7 Å². The van der Waals surface area contributed by atoms with Gasteiger partial charge in [0.25, 0.3) is 0 Å². The van der Waals surface area contributed by atoms with Crippen LogP contribution in [0.2, 0.25) is 0 Å². The monoisotopic (exact) mass is 650 g/mol. The Morgan fingerprint density at radius 3 is 1.49 bits per heavy atom. The maximum absolute atomic E-state index is 4.78. The molecule has 39 heavy (non-hydrogen) atoms. The zero-order chi connectivity index (χ0) is 25.5. The molecule has 0 radical (unpaired) electrons. The number of aromatic nitrogens is 4. The number of benzene rings is 4. The number of hydrogen-bond acceptors (Lipinski definition) is 6. The van der Waals surface area contributed by atoms with Gasteiger partial charge < -0.3 is 0 Å². The molecule has 0 unspecified atom stereocenters. The zero-order valence-electron chi connectivity index (χ0n) is 20.3. The second kappa shape index (κ2) is 8.38. The van der Waals surface area contributed by atoms with Gasteiger partial charge in [-0.15, -0.1) is 0 Å². The molecule has 4 nitrogen and oxygen atoms in total. The summed E-state index contributed by atoms with van der Waals surface area (Å²) in [6.45, 7) is 0. The summed E-state index contributed by atoms with van der Waals surface area (Å²) in [5, 5.41) is 4.87. The summed E-state index contributed by atoms with van der Waals surface area (Å²) in [5.74, 6) is 0. The quantitative estimate of drug-likeness (QED) is 0.139. The second-order valence-electron chi connectivity index (χ2n) is 9.50. The molecule has 0 atom stereocenters. The molecule has 0 saturated carbocycles. The van der Waals surface area contributed by atoms with Crippen LogP contribution >= 0.6 is 22.7 Å². The van der Waals surface area contributed by atoms with Crippen molar-refractivity contribution in [3.05, 3.63) is 97.6 Å². The number of nitrogens with zero attached hydrogens (tertiary/aromatic N) is 4. The van der Waals surface area contributed by atoms with Gasteiger partial charge in [-0.1, -0.05) is 0 Å². The Labute approximate surface area is 239 Å². The van der Waals surface area contributed by atoms with Gasteiger partial charge in [0.2, 0.25) is 0 Å². The summed E-state index contributed by atoms with van der Waals surface area (Å²) in [5.41, 5.74) is 6.25. The first-order valence-corrected chi connectivity index (χ1v) is 16.5. The molecule has 0 aliphatic heterocycles. The SMILES string of the molecule is c1ccc2c(-c3cc4[te]c5cc(-c6c7ccccc7cc7nccnc67)sc5c4s3)c3nccnc3cc2c1. The Kier molecular flexibility index (Phi) is 4.76. The normalized spacial score (nSPS) is 12.1. The third-order valence-corrected chi connectivity index (χ3v) is 13.7. The molecule has 9 rings (SSSR count). The van der Waals surface area contributed by atoms with E-state index in [1.165, 1.54) is 58.6 Å². The van der Waals surface area contributed by atoms with E-state index >= 15 is 0 Å². The molecule has 0 aliphatic carbocycles. The summed E-state index contributed by atoms with van der Waals surface area (Å²) >= 11 is 3.33. The van der Waals surface area contributed by atoms with Crippen molar-refractivity contribution < 1.29 is 0 Å². The summed E-state index contributed by atoms with van der Waals surface area (Å²) in [6.07, 6.45) is 7.17. The Bertz CT molecular complexity index is 2140. The molecule has 5 aromatic heterocycles. The maximum atomic E-state index is 4.78. The van der Waals surface area contributed by atoms with Crippen LogP contribution in [0.15, 0.2) is 97.6 Å². The second-order valence-corrected chi connectivity index (χ2v) is 14.7. The third kappa shape index (κ3) is 3.28. The number of hydrogen-bond donors (Lipinski definition) is 0. The van der Waals surface area contributed by atoms with Gasteiger partial charge >= 0.3 is 241 Å². The number of fused-ring (bicyclic) bond motifs is 7. The fraction of sp³-hybridized carbons (Fsp3) is 0. The van der Waals surface area contributed by atoms with Crippen LogP contribution < -0.4 is 0 Å². The first-order valence-electron chi connectivity index (χ1n) is 12.5. The van der Waals surface area contributed by atoms with Crippen LogP contribution in [0.3, 0.4) is 0 Å². The van der Waals surface area contributed by atoms with Crippen molar-refractivity contribution >= 4 is 103 Å².